The van der Waals surface area contributed by atoms with Gasteiger partial charge in [0.25, 0.3) is 15.9 Å². The van der Waals surface area contributed by atoms with Gasteiger partial charge in [-0.05, 0) is 49.4 Å². The van der Waals surface area contributed by atoms with Gasteiger partial charge in [0.1, 0.15) is 0 Å². The number of carbonyl (C=O) groups excluding carboxylic acids is 2. The average molecular weight is 427 g/mol. The van der Waals surface area contributed by atoms with Gasteiger partial charge in [0.2, 0.25) is 0 Å². The largest absolute Gasteiger partial charge is 0.449 e. The molecule has 1 aliphatic carbocycles. The molecule has 0 unspecified atom stereocenters. The first kappa shape index (κ1) is 23.3. The molecule has 1 aromatic rings. The van der Waals surface area contributed by atoms with Crippen molar-refractivity contribution < 1.29 is 27.6 Å². The Morgan fingerprint density at radius 1 is 1.17 bits per heavy atom. The number of amides is 1. The summed E-state index contributed by atoms with van der Waals surface area (Å²) < 4.78 is 30.3. The Hall–Kier alpha value is -1.97. The van der Waals surface area contributed by atoms with E-state index in [1.54, 1.807) is 0 Å². The second-order valence-corrected chi connectivity index (χ2v) is 9.49. The van der Waals surface area contributed by atoms with Crippen LogP contribution >= 0.6 is 0 Å². The molecule has 0 bridgehead atoms. The third kappa shape index (κ3) is 5.55. The number of carbonyl (C=O) groups is 2. The molecule has 0 aliphatic heterocycles. The Morgan fingerprint density at radius 2 is 1.79 bits per heavy atom. The summed E-state index contributed by atoms with van der Waals surface area (Å²) in [6, 6.07) is 5.34. The van der Waals surface area contributed by atoms with Crippen molar-refractivity contribution in [3.8, 4) is 0 Å². The van der Waals surface area contributed by atoms with Gasteiger partial charge in [0.15, 0.2) is 6.10 Å². The van der Waals surface area contributed by atoms with Gasteiger partial charge in [0, 0.05) is 13.1 Å². The molecule has 9 heteroatoms. The van der Waals surface area contributed by atoms with E-state index in [0.717, 1.165) is 23.7 Å². The summed E-state index contributed by atoms with van der Waals surface area (Å²) in [6.07, 6.45) is 2.20. The molecule has 1 aliphatic rings. The van der Waals surface area contributed by atoms with E-state index in [-0.39, 0.29) is 22.4 Å². The second-order valence-electron chi connectivity index (χ2n) is 7.55. The van der Waals surface area contributed by atoms with Crippen LogP contribution in [0.2, 0.25) is 0 Å². The van der Waals surface area contributed by atoms with Crippen molar-refractivity contribution in [1.29, 1.82) is 0 Å². The molecule has 0 heterocycles. The maximum Gasteiger partial charge on any atom is 0.338 e. The van der Waals surface area contributed by atoms with Crippen LogP contribution in [0.1, 0.15) is 50.4 Å². The van der Waals surface area contributed by atoms with Crippen LogP contribution in [0.25, 0.3) is 0 Å². The topological polar surface area (TPSA) is 102 Å². The predicted molar refractivity (Wildman–Crippen MR) is 107 cm³/mol. The number of hydrogen-bond acceptors (Lipinski definition) is 6. The minimum atomic E-state index is -3.80. The zero-order valence-electron chi connectivity index (χ0n) is 17.5. The van der Waals surface area contributed by atoms with E-state index in [9.17, 15) is 18.0 Å². The number of hydroxylamine groups is 1. The van der Waals surface area contributed by atoms with Crippen LogP contribution < -0.4 is 5.32 Å². The van der Waals surface area contributed by atoms with Gasteiger partial charge >= 0.3 is 5.97 Å². The van der Waals surface area contributed by atoms with Crippen LogP contribution in [0.3, 0.4) is 0 Å². The number of nitrogens with zero attached hydrogens (tertiary/aromatic N) is 1. The molecule has 1 N–H and O–H groups in total. The smallest absolute Gasteiger partial charge is 0.338 e. The zero-order chi connectivity index (χ0) is 21.8. The first-order valence-corrected chi connectivity index (χ1v) is 11.2. The van der Waals surface area contributed by atoms with E-state index in [1.807, 2.05) is 0 Å². The van der Waals surface area contributed by atoms with Crippen LogP contribution in [0.5, 0.6) is 0 Å². The molecular formula is C20H30N2O6S. The van der Waals surface area contributed by atoms with E-state index in [4.69, 9.17) is 9.57 Å². The van der Waals surface area contributed by atoms with Crippen LogP contribution in [0.15, 0.2) is 29.2 Å². The van der Waals surface area contributed by atoms with Crippen molar-refractivity contribution >= 4 is 21.9 Å². The van der Waals surface area contributed by atoms with Crippen LogP contribution in [0, 0.1) is 11.8 Å². The highest BCUT2D eigenvalue weighted by Crippen LogP contribution is 2.29. The summed E-state index contributed by atoms with van der Waals surface area (Å²) in [7, 11) is -1.29. The lowest BCUT2D eigenvalue weighted by Gasteiger charge is -2.35. The summed E-state index contributed by atoms with van der Waals surface area (Å²) >= 11 is 0. The minimum Gasteiger partial charge on any atom is -0.449 e. The third-order valence-corrected chi connectivity index (χ3v) is 7.36. The Bertz CT molecular complexity index is 824. The maximum atomic E-state index is 12.4. The average Bonchev–Trinajstić information content (AvgIpc) is 2.70. The van der Waals surface area contributed by atoms with Gasteiger partial charge < -0.3 is 10.1 Å². The van der Waals surface area contributed by atoms with Crippen LogP contribution in [-0.4, -0.2) is 51.1 Å². The zero-order valence-corrected chi connectivity index (χ0v) is 18.4. The van der Waals surface area contributed by atoms with Crippen molar-refractivity contribution in [2.45, 2.75) is 57.1 Å². The monoisotopic (exact) mass is 426 g/mol. The van der Waals surface area contributed by atoms with Gasteiger partial charge in [-0.1, -0.05) is 31.2 Å². The summed E-state index contributed by atoms with van der Waals surface area (Å²) in [5.41, 5.74) is 0.156. The van der Waals surface area contributed by atoms with Crippen LogP contribution in [0.4, 0.5) is 0 Å². The number of hydrogen-bond donors (Lipinski definition) is 1. The van der Waals surface area contributed by atoms with Gasteiger partial charge in [0.05, 0.1) is 17.6 Å². The maximum absolute atomic E-state index is 12.4. The van der Waals surface area contributed by atoms with E-state index < -0.39 is 22.1 Å². The lowest BCUT2D eigenvalue weighted by Crippen LogP contribution is -2.47. The number of nitrogens with one attached hydrogen (secondary N) is 1. The number of esters is 1. The van der Waals surface area contributed by atoms with Crippen molar-refractivity contribution in [2.75, 3.05) is 14.2 Å². The van der Waals surface area contributed by atoms with Gasteiger partial charge in [-0.25, -0.2) is 13.2 Å². The summed E-state index contributed by atoms with van der Waals surface area (Å²) in [5.74, 6) is -0.110. The Labute approximate surface area is 172 Å². The third-order valence-electron chi connectivity index (χ3n) is 5.67. The molecular weight excluding hydrogens is 396 g/mol. The predicted octanol–water partition coefficient (Wildman–Crippen LogP) is 2.35. The Kier molecular flexibility index (Phi) is 7.79. The van der Waals surface area contributed by atoms with Gasteiger partial charge in [-0.3, -0.25) is 9.63 Å². The fourth-order valence-corrected chi connectivity index (χ4v) is 4.35. The standard InChI is InChI=1S/C20H30N2O6S/c1-13-7-6-8-18(14(13)2)21-19(23)15(3)28-20(24)16-9-11-17(12-10-16)29(25,26)22(4)27-5/h9-15,18H,6-8H2,1-5H3,(H,21,23)/t13-,14+,15+,18-/m0/s1. The summed E-state index contributed by atoms with van der Waals surface area (Å²) in [4.78, 5) is 29.5. The molecule has 0 aromatic heterocycles. The molecule has 1 aromatic carbocycles. The fourth-order valence-electron chi connectivity index (χ4n) is 3.38. The van der Waals surface area contributed by atoms with E-state index >= 15 is 0 Å². The van der Waals surface area contributed by atoms with Gasteiger partial charge in [-0.2, -0.15) is 0 Å². The number of benzene rings is 1. The molecule has 0 saturated heterocycles. The highest BCUT2D eigenvalue weighted by Gasteiger charge is 2.30. The Morgan fingerprint density at radius 3 is 2.38 bits per heavy atom. The SMILES string of the molecule is CON(C)S(=O)(=O)c1ccc(C(=O)O[C@H](C)C(=O)N[C@H]2CCC[C@H](C)[C@H]2C)cc1. The fraction of sp³-hybridized carbons (Fsp3) is 0.600. The lowest BCUT2D eigenvalue weighted by molar-refractivity contribution is -0.130. The van der Waals surface area contributed by atoms with E-state index in [2.05, 4.69) is 19.2 Å². The Balaban J connectivity index is 1.98. The second kappa shape index (κ2) is 9.69. The van der Waals surface area contributed by atoms with Crippen LogP contribution in [-0.2, 0) is 24.4 Å². The number of sulfonamides is 1. The molecule has 29 heavy (non-hydrogen) atoms. The molecule has 8 nitrogen and oxygen atoms in total. The summed E-state index contributed by atoms with van der Waals surface area (Å²) in [5, 5.41) is 2.99. The minimum absolute atomic E-state index is 0.0235. The summed E-state index contributed by atoms with van der Waals surface area (Å²) in [6.45, 7) is 5.83. The first-order chi connectivity index (χ1) is 13.6. The van der Waals surface area contributed by atoms with E-state index in [0.29, 0.717) is 11.8 Å². The molecule has 0 spiro atoms. The highest BCUT2D eigenvalue weighted by molar-refractivity contribution is 7.89. The highest BCUT2D eigenvalue weighted by atomic mass is 32.2. The molecule has 0 radical (unpaired) electrons. The lowest BCUT2D eigenvalue weighted by atomic mass is 9.78. The number of rotatable bonds is 7. The molecule has 162 valence electrons. The molecule has 1 amide bonds. The quantitative estimate of drug-likeness (QED) is 0.530. The van der Waals surface area contributed by atoms with Crippen molar-refractivity contribution in [1.82, 2.24) is 9.79 Å². The first-order valence-electron chi connectivity index (χ1n) is 9.72. The molecule has 4 atom stereocenters. The van der Waals surface area contributed by atoms with Gasteiger partial charge in [-0.15, -0.1) is 0 Å². The van der Waals surface area contributed by atoms with E-state index in [1.165, 1.54) is 45.3 Å². The molecule has 1 fully saturated rings. The molecule has 1 saturated carbocycles. The van der Waals surface area contributed by atoms with Crippen molar-refractivity contribution in [3.63, 3.8) is 0 Å². The normalized spacial score (nSPS) is 23.4. The number of ether oxygens (including phenoxy) is 1. The van der Waals surface area contributed by atoms with Crippen molar-refractivity contribution in [3.05, 3.63) is 29.8 Å². The molecule has 2 rings (SSSR count). The van der Waals surface area contributed by atoms with Crippen molar-refractivity contribution in [2.24, 2.45) is 11.8 Å².